The first-order valence-electron chi connectivity index (χ1n) is 7.92. The number of amides is 1. The minimum absolute atomic E-state index is 0.126. The number of carbonyl (C=O) groups is 2. The second-order valence-electron chi connectivity index (χ2n) is 5.78. The SMILES string of the molecule is O=C(O)c1cccc(N=C2C(=O)N(Cn3ccnc3)c3ccccc32)c1. The van der Waals surface area contributed by atoms with E-state index < -0.39 is 5.97 Å². The highest BCUT2D eigenvalue weighted by Gasteiger charge is 2.33. The number of hydrogen-bond acceptors (Lipinski definition) is 4. The molecule has 0 unspecified atom stereocenters. The standard InChI is InChI=1S/C19H14N4O3/c24-18-17(21-14-5-3-4-13(10-14)19(25)26)15-6-1-2-7-16(15)23(18)12-22-9-8-20-11-22/h1-11H,12H2,(H,25,26). The van der Waals surface area contributed by atoms with Crippen LogP contribution in [0.1, 0.15) is 15.9 Å². The number of carboxylic acid groups (broad SMARTS) is 1. The second kappa shape index (κ2) is 6.29. The van der Waals surface area contributed by atoms with Gasteiger partial charge in [0.05, 0.1) is 23.3 Å². The van der Waals surface area contributed by atoms with E-state index in [-0.39, 0.29) is 11.5 Å². The Morgan fingerprint density at radius 2 is 2.00 bits per heavy atom. The molecule has 4 rings (SSSR count). The Balaban J connectivity index is 1.76. The number of aliphatic imine (C=N–C) groups is 1. The van der Waals surface area contributed by atoms with Gasteiger partial charge in [-0.3, -0.25) is 9.69 Å². The zero-order chi connectivity index (χ0) is 18.1. The molecule has 2 aromatic carbocycles. The number of benzene rings is 2. The number of aromatic nitrogens is 2. The number of aromatic carboxylic acids is 1. The summed E-state index contributed by atoms with van der Waals surface area (Å²) in [5.41, 5.74) is 2.33. The number of hydrogen-bond donors (Lipinski definition) is 1. The first kappa shape index (κ1) is 15.8. The average Bonchev–Trinajstić information content (AvgIpc) is 3.25. The Kier molecular flexibility index (Phi) is 3.81. The van der Waals surface area contributed by atoms with Crippen molar-refractivity contribution in [1.29, 1.82) is 0 Å². The normalized spacial score (nSPS) is 14.7. The number of imidazole rings is 1. The summed E-state index contributed by atoms with van der Waals surface area (Å²) in [6.45, 7) is 0.323. The van der Waals surface area contributed by atoms with E-state index in [0.717, 1.165) is 11.3 Å². The molecule has 128 valence electrons. The van der Waals surface area contributed by atoms with Crippen LogP contribution >= 0.6 is 0 Å². The van der Waals surface area contributed by atoms with E-state index in [1.165, 1.54) is 12.1 Å². The van der Waals surface area contributed by atoms with Gasteiger partial charge in [-0.15, -0.1) is 0 Å². The molecule has 3 aromatic rings. The van der Waals surface area contributed by atoms with Crippen LogP contribution in [0.2, 0.25) is 0 Å². The van der Waals surface area contributed by atoms with E-state index in [2.05, 4.69) is 9.98 Å². The first-order valence-corrected chi connectivity index (χ1v) is 7.92. The van der Waals surface area contributed by atoms with Crippen LogP contribution in [-0.2, 0) is 11.5 Å². The van der Waals surface area contributed by atoms with Crippen LogP contribution in [0.4, 0.5) is 11.4 Å². The molecule has 2 heterocycles. The Labute approximate surface area is 148 Å². The van der Waals surface area contributed by atoms with Crippen molar-refractivity contribution in [2.45, 2.75) is 6.67 Å². The van der Waals surface area contributed by atoms with Crippen molar-refractivity contribution in [3.8, 4) is 0 Å². The second-order valence-corrected chi connectivity index (χ2v) is 5.78. The highest BCUT2D eigenvalue weighted by Crippen LogP contribution is 2.31. The fraction of sp³-hybridized carbons (Fsp3) is 0.0526. The molecule has 0 saturated carbocycles. The maximum absolute atomic E-state index is 13.0. The van der Waals surface area contributed by atoms with Crippen molar-refractivity contribution in [1.82, 2.24) is 9.55 Å². The van der Waals surface area contributed by atoms with Crippen molar-refractivity contribution < 1.29 is 14.7 Å². The summed E-state index contributed by atoms with van der Waals surface area (Å²) in [4.78, 5) is 34.2. The number of carboxylic acids is 1. The topological polar surface area (TPSA) is 87.8 Å². The third-order valence-electron chi connectivity index (χ3n) is 4.10. The molecule has 0 fully saturated rings. The molecular formula is C19H14N4O3. The number of para-hydroxylation sites is 1. The van der Waals surface area contributed by atoms with Crippen molar-refractivity contribution in [2.75, 3.05) is 4.90 Å². The lowest BCUT2D eigenvalue weighted by Gasteiger charge is -2.17. The number of anilines is 1. The van der Waals surface area contributed by atoms with E-state index in [4.69, 9.17) is 5.11 Å². The Bertz CT molecular complexity index is 1020. The summed E-state index contributed by atoms with van der Waals surface area (Å²) in [6.07, 6.45) is 5.07. The maximum atomic E-state index is 13.0. The van der Waals surface area contributed by atoms with Gasteiger partial charge in [0.15, 0.2) is 0 Å². The van der Waals surface area contributed by atoms with Gasteiger partial charge >= 0.3 is 5.97 Å². The molecule has 0 bridgehead atoms. The number of rotatable bonds is 4. The Morgan fingerprint density at radius 3 is 2.77 bits per heavy atom. The van der Waals surface area contributed by atoms with Gasteiger partial charge in [0.1, 0.15) is 12.4 Å². The summed E-state index contributed by atoms with van der Waals surface area (Å²) >= 11 is 0. The van der Waals surface area contributed by atoms with Gasteiger partial charge in [-0.2, -0.15) is 0 Å². The zero-order valence-corrected chi connectivity index (χ0v) is 13.6. The van der Waals surface area contributed by atoms with Crippen molar-refractivity contribution >= 4 is 29.0 Å². The van der Waals surface area contributed by atoms with Gasteiger partial charge in [-0.05, 0) is 24.3 Å². The van der Waals surface area contributed by atoms with Gasteiger partial charge in [-0.25, -0.2) is 14.8 Å². The van der Waals surface area contributed by atoms with E-state index >= 15 is 0 Å². The highest BCUT2D eigenvalue weighted by molar-refractivity contribution is 6.54. The number of carbonyl (C=O) groups excluding carboxylic acids is 1. The monoisotopic (exact) mass is 346 g/mol. The van der Waals surface area contributed by atoms with Crippen molar-refractivity contribution in [3.63, 3.8) is 0 Å². The van der Waals surface area contributed by atoms with E-state index in [9.17, 15) is 9.59 Å². The smallest absolute Gasteiger partial charge is 0.335 e. The van der Waals surface area contributed by atoms with Crippen LogP contribution in [-0.4, -0.2) is 32.2 Å². The molecule has 1 N–H and O–H groups in total. The summed E-state index contributed by atoms with van der Waals surface area (Å²) in [5.74, 6) is -1.27. The van der Waals surface area contributed by atoms with Gasteiger partial charge in [0.25, 0.3) is 5.91 Å². The number of fused-ring (bicyclic) bond motifs is 1. The molecule has 0 saturated heterocycles. The van der Waals surface area contributed by atoms with Crippen LogP contribution in [0.15, 0.2) is 72.2 Å². The molecular weight excluding hydrogens is 332 g/mol. The van der Waals surface area contributed by atoms with E-state index in [1.54, 1.807) is 40.3 Å². The predicted molar refractivity (Wildman–Crippen MR) is 95.8 cm³/mol. The molecule has 0 spiro atoms. The van der Waals surface area contributed by atoms with Crippen molar-refractivity contribution in [3.05, 3.63) is 78.4 Å². The van der Waals surface area contributed by atoms with Gasteiger partial charge < -0.3 is 9.67 Å². The molecule has 0 atom stereocenters. The van der Waals surface area contributed by atoms with E-state index in [1.807, 2.05) is 24.3 Å². The van der Waals surface area contributed by atoms with Crippen LogP contribution in [0.25, 0.3) is 0 Å². The average molecular weight is 346 g/mol. The van der Waals surface area contributed by atoms with Crippen LogP contribution in [0, 0.1) is 0 Å². The molecule has 0 aliphatic carbocycles. The van der Waals surface area contributed by atoms with Gasteiger partial charge in [0, 0.05) is 18.0 Å². The Morgan fingerprint density at radius 1 is 1.15 bits per heavy atom. The molecule has 1 aliphatic rings. The van der Waals surface area contributed by atoms with Crippen LogP contribution in [0.5, 0.6) is 0 Å². The molecule has 7 nitrogen and oxygen atoms in total. The molecule has 0 radical (unpaired) electrons. The Hall–Kier alpha value is -3.74. The fourth-order valence-corrected chi connectivity index (χ4v) is 2.88. The van der Waals surface area contributed by atoms with Gasteiger partial charge in [0.2, 0.25) is 0 Å². The summed E-state index contributed by atoms with van der Waals surface area (Å²) in [7, 11) is 0. The first-order chi connectivity index (χ1) is 12.6. The molecule has 1 aliphatic heterocycles. The van der Waals surface area contributed by atoms with Crippen LogP contribution < -0.4 is 4.90 Å². The molecule has 1 aromatic heterocycles. The molecule has 1 amide bonds. The third-order valence-corrected chi connectivity index (χ3v) is 4.10. The largest absolute Gasteiger partial charge is 0.478 e. The van der Waals surface area contributed by atoms with Crippen LogP contribution in [0.3, 0.4) is 0 Å². The summed E-state index contributed by atoms with van der Waals surface area (Å²) in [5, 5.41) is 9.13. The number of nitrogens with zero attached hydrogens (tertiary/aromatic N) is 4. The summed E-state index contributed by atoms with van der Waals surface area (Å²) < 4.78 is 1.79. The highest BCUT2D eigenvalue weighted by atomic mass is 16.4. The van der Waals surface area contributed by atoms with Gasteiger partial charge in [-0.1, -0.05) is 24.3 Å². The minimum Gasteiger partial charge on any atom is -0.478 e. The minimum atomic E-state index is -1.04. The van der Waals surface area contributed by atoms with E-state index in [0.29, 0.717) is 18.1 Å². The predicted octanol–water partition coefficient (Wildman–Crippen LogP) is 2.71. The lowest BCUT2D eigenvalue weighted by Crippen LogP contribution is -2.31. The maximum Gasteiger partial charge on any atom is 0.335 e. The quantitative estimate of drug-likeness (QED) is 0.787. The fourth-order valence-electron chi connectivity index (χ4n) is 2.88. The lowest BCUT2D eigenvalue weighted by molar-refractivity contribution is -0.112. The van der Waals surface area contributed by atoms with Crippen molar-refractivity contribution in [2.24, 2.45) is 4.99 Å². The third kappa shape index (κ3) is 2.75. The summed E-state index contributed by atoms with van der Waals surface area (Å²) in [6, 6.07) is 13.6. The zero-order valence-electron chi connectivity index (χ0n) is 13.6. The molecule has 7 heteroatoms. The lowest BCUT2D eigenvalue weighted by atomic mass is 10.1. The molecule has 26 heavy (non-hydrogen) atoms.